The van der Waals surface area contributed by atoms with Crippen molar-refractivity contribution < 1.29 is 0 Å². The van der Waals surface area contributed by atoms with E-state index in [1.54, 1.807) is 0 Å². The van der Waals surface area contributed by atoms with Crippen LogP contribution in [0.2, 0.25) is 0 Å². The van der Waals surface area contributed by atoms with Crippen LogP contribution in [0.1, 0.15) is 45.2 Å². The Labute approximate surface area is 248 Å². The van der Waals surface area contributed by atoms with E-state index >= 15 is 0 Å². The first-order valence-electron chi connectivity index (χ1n) is 15.2. The van der Waals surface area contributed by atoms with Gasteiger partial charge < -0.3 is 0 Å². The van der Waals surface area contributed by atoms with Crippen molar-refractivity contribution >= 4 is 0 Å². The van der Waals surface area contributed by atoms with Crippen LogP contribution in [-0.2, 0) is 21.7 Å². The maximum Gasteiger partial charge on any atom is 0.0255 e. The Kier molecular flexibility index (Phi) is 4.81. The number of benzene rings is 6. The minimum atomic E-state index is -0.123. The lowest BCUT2D eigenvalue weighted by molar-refractivity contribution is 0.223. The normalized spacial score (nSPS) is 31.7. The molecular weight excluding hydrogens is 504 g/mol. The number of fused-ring (bicyclic) bond motifs is 4. The molecule has 0 bridgehead atoms. The van der Waals surface area contributed by atoms with Crippen LogP contribution in [-0.4, -0.2) is 0 Å². The zero-order valence-corrected chi connectivity index (χ0v) is 23.5. The molecule has 0 heteroatoms. The van der Waals surface area contributed by atoms with Crippen molar-refractivity contribution in [3.63, 3.8) is 0 Å². The van der Waals surface area contributed by atoms with Gasteiger partial charge in [-0.25, -0.2) is 0 Å². The summed E-state index contributed by atoms with van der Waals surface area (Å²) in [4.78, 5) is 0. The molecule has 0 spiro atoms. The van der Waals surface area contributed by atoms with Crippen LogP contribution < -0.4 is 0 Å². The second-order valence-corrected chi connectivity index (χ2v) is 12.4. The van der Waals surface area contributed by atoms with E-state index in [0.29, 0.717) is 11.8 Å². The molecule has 0 amide bonds. The summed E-state index contributed by atoms with van der Waals surface area (Å²) in [7, 11) is 0. The predicted octanol–water partition coefficient (Wildman–Crippen LogP) is 9.35. The summed E-state index contributed by atoms with van der Waals surface area (Å²) in [6.45, 7) is 0. The van der Waals surface area contributed by atoms with Gasteiger partial charge in [0.25, 0.3) is 0 Å². The zero-order chi connectivity index (χ0) is 27.8. The molecule has 3 aliphatic rings. The van der Waals surface area contributed by atoms with Gasteiger partial charge in [-0.3, -0.25) is 0 Å². The molecule has 6 aromatic rings. The number of hydrogen-bond donors (Lipinski definition) is 0. The minimum Gasteiger partial charge on any atom is -0.0622 e. The highest BCUT2D eigenvalue weighted by Gasteiger charge is 3.13. The summed E-state index contributed by atoms with van der Waals surface area (Å²) in [5, 5.41) is 0. The van der Waals surface area contributed by atoms with Crippen molar-refractivity contribution in [3.05, 3.63) is 215 Å². The fourth-order valence-electron chi connectivity index (χ4n) is 10.6. The van der Waals surface area contributed by atoms with Crippen molar-refractivity contribution in [2.45, 2.75) is 33.5 Å². The van der Waals surface area contributed by atoms with Gasteiger partial charge in [-0.2, -0.15) is 0 Å². The van der Waals surface area contributed by atoms with Crippen LogP contribution in [0.5, 0.6) is 0 Å². The van der Waals surface area contributed by atoms with E-state index in [4.69, 9.17) is 0 Å². The lowest BCUT2D eigenvalue weighted by Crippen LogP contribution is -2.56. The summed E-state index contributed by atoms with van der Waals surface area (Å²) < 4.78 is 0. The molecule has 9 rings (SSSR count). The Morgan fingerprint density at radius 3 is 0.643 bits per heavy atom. The standard InChI is InChI=1S/C42H32/c1-7-19-31(20-8-1)37-39(33-23-11-3-12-24-33)40(37,34-25-13-4-14-26-34)42(36-29-17-6-18-30-36)38(32-21-9-2-10-22-32)41(39,42)35-27-15-5-16-28-35/h1-30,37-38H. The van der Waals surface area contributed by atoms with E-state index in [1.165, 1.54) is 33.4 Å². The Morgan fingerprint density at radius 2 is 0.429 bits per heavy atom. The molecule has 3 aliphatic carbocycles. The zero-order valence-electron chi connectivity index (χ0n) is 23.5. The van der Waals surface area contributed by atoms with Crippen molar-refractivity contribution in [2.75, 3.05) is 0 Å². The van der Waals surface area contributed by atoms with E-state index in [-0.39, 0.29) is 21.7 Å². The van der Waals surface area contributed by atoms with Crippen LogP contribution in [0.4, 0.5) is 0 Å². The summed E-state index contributed by atoms with van der Waals surface area (Å²) >= 11 is 0. The lowest BCUT2D eigenvalue weighted by Gasteiger charge is -2.51. The quantitative estimate of drug-likeness (QED) is 0.199. The SMILES string of the molecule is c1ccc(C2C3(c4ccccc4)C2(c2ccccc2)C2(c4ccccc4)C(c4ccccc4)C32c2ccccc2)cc1. The average molecular weight is 537 g/mol. The summed E-state index contributed by atoms with van der Waals surface area (Å²) in [6, 6.07) is 68.8. The van der Waals surface area contributed by atoms with Gasteiger partial charge in [-0.05, 0) is 33.4 Å². The van der Waals surface area contributed by atoms with Crippen LogP contribution in [0.15, 0.2) is 182 Å². The molecule has 0 N–H and O–H groups in total. The molecule has 0 heterocycles. The molecule has 42 heavy (non-hydrogen) atoms. The monoisotopic (exact) mass is 536 g/mol. The molecule has 6 aromatic carbocycles. The van der Waals surface area contributed by atoms with E-state index < -0.39 is 0 Å². The summed E-state index contributed by atoms with van der Waals surface area (Å²) in [6.07, 6.45) is 0. The maximum atomic E-state index is 2.42. The minimum absolute atomic E-state index is 0.123. The van der Waals surface area contributed by atoms with Crippen molar-refractivity contribution in [1.29, 1.82) is 0 Å². The van der Waals surface area contributed by atoms with Gasteiger partial charge in [-0.1, -0.05) is 182 Å². The molecule has 0 saturated heterocycles. The average Bonchev–Trinajstić information content (AvgIpc) is 3.90. The smallest absolute Gasteiger partial charge is 0.0255 e. The Bertz CT molecular complexity index is 1610. The molecule has 0 aliphatic heterocycles. The Hall–Kier alpha value is -4.68. The van der Waals surface area contributed by atoms with Crippen LogP contribution in [0.25, 0.3) is 0 Å². The highest BCUT2D eigenvalue weighted by atomic mass is 15.1. The molecule has 3 saturated carbocycles. The largest absolute Gasteiger partial charge is 0.0622 e. The second kappa shape index (κ2) is 8.43. The van der Waals surface area contributed by atoms with E-state index in [2.05, 4.69) is 182 Å². The first-order chi connectivity index (χ1) is 20.9. The van der Waals surface area contributed by atoms with Crippen molar-refractivity contribution in [3.8, 4) is 0 Å². The summed E-state index contributed by atoms with van der Waals surface area (Å²) in [5.74, 6) is 0.660. The van der Waals surface area contributed by atoms with Crippen molar-refractivity contribution in [2.24, 2.45) is 0 Å². The maximum absolute atomic E-state index is 2.42. The first kappa shape index (κ1) is 24.0. The topological polar surface area (TPSA) is 0 Å². The second-order valence-electron chi connectivity index (χ2n) is 12.4. The molecular formula is C42H32. The van der Waals surface area contributed by atoms with Gasteiger partial charge >= 0.3 is 0 Å². The van der Waals surface area contributed by atoms with Gasteiger partial charge in [0.2, 0.25) is 0 Å². The molecule has 0 radical (unpaired) electrons. The Morgan fingerprint density at radius 1 is 0.238 bits per heavy atom. The fraction of sp³-hybridized carbons (Fsp3) is 0.143. The van der Waals surface area contributed by atoms with E-state index in [0.717, 1.165) is 0 Å². The third kappa shape index (κ3) is 2.41. The van der Waals surface area contributed by atoms with Crippen LogP contribution in [0, 0.1) is 0 Å². The van der Waals surface area contributed by atoms with E-state index in [9.17, 15) is 0 Å². The molecule has 0 nitrogen and oxygen atoms in total. The predicted molar refractivity (Wildman–Crippen MR) is 171 cm³/mol. The van der Waals surface area contributed by atoms with Gasteiger partial charge in [0.15, 0.2) is 0 Å². The third-order valence-corrected chi connectivity index (χ3v) is 11.2. The fourth-order valence-corrected chi connectivity index (χ4v) is 10.6. The van der Waals surface area contributed by atoms with Gasteiger partial charge in [-0.15, -0.1) is 0 Å². The van der Waals surface area contributed by atoms with E-state index in [1.807, 2.05) is 0 Å². The first-order valence-corrected chi connectivity index (χ1v) is 15.2. The van der Waals surface area contributed by atoms with Gasteiger partial charge in [0.1, 0.15) is 0 Å². The van der Waals surface area contributed by atoms with Crippen molar-refractivity contribution in [1.82, 2.24) is 0 Å². The molecule has 0 unspecified atom stereocenters. The Balaban J connectivity index is 1.49. The van der Waals surface area contributed by atoms with Gasteiger partial charge in [0.05, 0.1) is 0 Å². The number of rotatable bonds is 6. The van der Waals surface area contributed by atoms with Crippen LogP contribution >= 0.6 is 0 Å². The highest BCUT2D eigenvalue weighted by molar-refractivity contribution is 5.89. The molecule has 200 valence electrons. The lowest BCUT2D eigenvalue weighted by atomic mass is 9.49. The third-order valence-electron chi connectivity index (χ3n) is 11.2. The summed E-state index contributed by atoms with van der Waals surface area (Å²) in [5.41, 5.74) is 8.21. The molecule has 0 aromatic heterocycles. The molecule has 3 fully saturated rings. The number of hydrogen-bond acceptors (Lipinski definition) is 0. The highest BCUT2D eigenvalue weighted by Crippen LogP contribution is 3.10. The van der Waals surface area contributed by atoms with Crippen LogP contribution in [0.3, 0.4) is 0 Å². The molecule has 0 atom stereocenters. The van der Waals surface area contributed by atoms with Gasteiger partial charge in [0, 0.05) is 33.5 Å².